The first-order valence-corrected chi connectivity index (χ1v) is 7.36. The van der Waals surface area contributed by atoms with Crippen molar-refractivity contribution in [3.63, 3.8) is 0 Å². The Kier molecular flexibility index (Phi) is 5.39. The van der Waals surface area contributed by atoms with Gasteiger partial charge in [0.2, 0.25) is 5.91 Å². The van der Waals surface area contributed by atoms with Crippen LogP contribution in [-0.4, -0.2) is 57.4 Å². The second-order valence-electron chi connectivity index (χ2n) is 5.21. The molecule has 3 N–H and O–H groups in total. The summed E-state index contributed by atoms with van der Waals surface area (Å²) in [7, 11) is -1.58. The molecule has 2 atom stereocenters. The minimum absolute atomic E-state index is 0.199. The fourth-order valence-corrected chi connectivity index (χ4v) is 2.73. The number of hydrogen-bond donors (Lipinski definition) is 3. The number of nitrogens with zero attached hydrogens (tertiary/aromatic N) is 2. The molecule has 118 valence electrons. The van der Waals surface area contributed by atoms with E-state index in [1.165, 1.54) is 23.4 Å². The lowest BCUT2D eigenvalue weighted by molar-refractivity contribution is -0.132. The summed E-state index contributed by atoms with van der Waals surface area (Å²) in [5.41, 5.74) is 0.233. The number of aromatic nitrogens is 1. The fourth-order valence-electron chi connectivity index (χ4n) is 2.52. The Morgan fingerprint density at radius 1 is 1.55 bits per heavy atom. The van der Waals surface area contributed by atoms with E-state index in [1.54, 1.807) is 6.92 Å². The number of rotatable bonds is 4. The molecule has 0 bridgehead atoms. The zero-order valence-corrected chi connectivity index (χ0v) is 12.8. The van der Waals surface area contributed by atoms with Crippen molar-refractivity contribution in [2.45, 2.75) is 31.7 Å². The van der Waals surface area contributed by atoms with Gasteiger partial charge in [0.15, 0.2) is 0 Å². The maximum Gasteiger partial charge on any atom is 0.475 e. The number of halogens is 1. The predicted molar refractivity (Wildman–Crippen MR) is 81.1 cm³/mol. The van der Waals surface area contributed by atoms with Crippen molar-refractivity contribution in [2.24, 2.45) is 0 Å². The van der Waals surface area contributed by atoms with Gasteiger partial charge in [-0.15, -0.1) is 0 Å². The molecule has 2 rings (SSSR count). The highest BCUT2D eigenvalue weighted by Crippen LogP contribution is 2.19. The molecule has 0 aromatic carbocycles. The summed E-state index contributed by atoms with van der Waals surface area (Å²) in [4.78, 5) is 29.7. The van der Waals surface area contributed by atoms with Crippen molar-refractivity contribution < 1.29 is 19.6 Å². The molecule has 1 aromatic rings. The first-order valence-electron chi connectivity index (χ1n) is 6.99. The van der Waals surface area contributed by atoms with Crippen LogP contribution in [0.15, 0.2) is 18.5 Å². The Bertz CT molecular complexity index is 572. The molecule has 1 aliphatic rings. The van der Waals surface area contributed by atoms with Gasteiger partial charge in [0.1, 0.15) is 6.04 Å². The number of amides is 2. The van der Waals surface area contributed by atoms with Gasteiger partial charge in [-0.1, -0.05) is 11.6 Å². The van der Waals surface area contributed by atoms with Crippen LogP contribution in [0.3, 0.4) is 0 Å². The van der Waals surface area contributed by atoms with E-state index in [0.29, 0.717) is 19.4 Å². The molecule has 1 aliphatic heterocycles. The van der Waals surface area contributed by atoms with Gasteiger partial charge >= 0.3 is 7.12 Å². The molecule has 0 aliphatic carbocycles. The number of hydrogen-bond acceptors (Lipinski definition) is 5. The first kappa shape index (κ1) is 16.7. The van der Waals surface area contributed by atoms with E-state index < -0.39 is 25.0 Å². The van der Waals surface area contributed by atoms with Crippen LogP contribution >= 0.6 is 11.6 Å². The largest absolute Gasteiger partial charge is 0.475 e. The van der Waals surface area contributed by atoms with Gasteiger partial charge in [0.25, 0.3) is 5.91 Å². The third kappa shape index (κ3) is 3.57. The predicted octanol–water partition coefficient (Wildman–Crippen LogP) is -0.144. The SMILES string of the molecule is C[C@@H](NC(=O)c1ccncc1Cl)C(=O)N1CCC[C@H]1B(O)O. The molecule has 0 saturated carbocycles. The van der Waals surface area contributed by atoms with Gasteiger partial charge < -0.3 is 20.3 Å². The Labute approximate surface area is 133 Å². The Balaban J connectivity index is 2.02. The number of likely N-dealkylation sites (tertiary alicyclic amines) is 1. The molecular weight excluding hydrogens is 308 g/mol. The molecule has 1 aromatic heterocycles. The van der Waals surface area contributed by atoms with E-state index >= 15 is 0 Å². The van der Waals surface area contributed by atoms with Crippen molar-refractivity contribution in [2.75, 3.05) is 6.54 Å². The van der Waals surface area contributed by atoms with E-state index in [0.717, 1.165) is 0 Å². The highest BCUT2D eigenvalue weighted by atomic mass is 35.5. The standard InChI is InChI=1S/C13H17BClN3O4/c1-8(13(20)18-6-2-3-11(18)14(21)22)17-12(19)9-4-5-16-7-10(9)15/h4-5,7-8,11,21-22H,2-3,6H2,1H3,(H,17,19)/t8-,11+/m1/s1. The average molecular weight is 326 g/mol. The third-order valence-corrected chi connectivity index (χ3v) is 3.96. The highest BCUT2D eigenvalue weighted by molar-refractivity contribution is 6.43. The van der Waals surface area contributed by atoms with Crippen molar-refractivity contribution in [3.8, 4) is 0 Å². The third-order valence-electron chi connectivity index (χ3n) is 3.66. The zero-order chi connectivity index (χ0) is 16.3. The zero-order valence-electron chi connectivity index (χ0n) is 12.1. The smallest absolute Gasteiger partial charge is 0.426 e. The van der Waals surface area contributed by atoms with Gasteiger partial charge in [0, 0.05) is 18.9 Å². The van der Waals surface area contributed by atoms with Crippen LogP contribution in [0.4, 0.5) is 0 Å². The van der Waals surface area contributed by atoms with E-state index in [1.807, 2.05) is 0 Å². The van der Waals surface area contributed by atoms with Gasteiger partial charge in [-0.3, -0.25) is 14.6 Å². The molecule has 1 fully saturated rings. The monoisotopic (exact) mass is 325 g/mol. The van der Waals surface area contributed by atoms with Crippen molar-refractivity contribution in [3.05, 3.63) is 29.0 Å². The molecule has 2 amide bonds. The Morgan fingerprint density at radius 2 is 2.27 bits per heavy atom. The number of pyridine rings is 1. The summed E-state index contributed by atoms with van der Waals surface area (Å²) in [5.74, 6) is -1.46. The topological polar surface area (TPSA) is 103 Å². The van der Waals surface area contributed by atoms with E-state index in [-0.39, 0.29) is 16.5 Å². The number of carbonyl (C=O) groups excluding carboxylic acids is 2. The van der Waals surface area contributed by atoms with Crippen LogP contribution in [0.2, 0.25) is 5.02 Å². The van der Waals surface area contributed by atoms with Crippen LogP contribution in [0, 0.1) is 0 Å². The maximum atomic E-state index is 12.4. The Hall–Kier alpha value is -1.64. The quantitative estimate of drug-likeness (QED) is 0.669. The summed E-state index contributed by atoms with van der Waals surface area (Å²) in [6.45, 7) is 1.99. The summed E-state index contributed by atoms with van der Waals surface area (Å²) in [6, 6.07) is 0.668. The normalized spacial score (nSPS) is 18.9. The second kappa shape index (κ2) is 7.08. The van der Waals surface area contributed by atoms with Crippen LogP contribution < -0.4 is 5.32 Å². The molecule has 1 saturated heterocycles. The van der Waals surface area contributed by atoms with E-state index in [4.69, 9.17) is 11.6 Å². The Morgan fingerprint density at radius 3 is 2.91 bits per heavy atom. The van der Waals surface area contributed by atoms with E-state index in [9.17, 15) is 19.6 Å². The minimum atomic E-state index is -1.58. The van der Waals surface area contributed by atoms with Crippen LogP contribution in [0.5, 0.6) is 0 Å². The molecular formula is C13H17BClN3O4. The van der Waals surface area contributed by atoms with Crippen LogP contribution in [-0.2, 0) is 4.79 Å². The molecule has 9 heteroatoms. The average Bonchev–Trinajstić information content (AvgIpc) is 2.96. The fraction of sp³-hybridized carbons (Fsp3) is 0.462. The number of carbonyl (C=O) groups is 2. The van der Waals surface area contributed by atoms with Gasteiger partial charge in [-0.2, -0.15) is 0 Å². The van der Waals surface area contributed by atoms with Crippen LogP contribution in [0.25, 0.3) is 0 Å². The molecule has 2 heterocycles. The second-order valence-corrected chi connectivity index (χ2v) is 5.61. The van der Waals surface area contributed by atoms with Gasteiger partial charge in [-0.05, 0) is 25.8 Å². The summed E-state index contributed by atoms with van der Waals surface area (Å²) in [6.07, 6.45) is 4.01. The molecule has 22 heavy (non-hydrogen) atoms. The molecule has 0 spiro atoms. The summed E-state index contributed by atoms with van der Waals surface area (Å²) >= 11 is 5.89. The highest BCUT2D eigenvalue weighted by Gasteiger charge is 2.38. The maximum absolute atomic E-state index is 12.4. The summed E-state index contributed by atoms with van der Waals surface area (Å²) in [5, 5.41) is 21.4. The molecule has 7 nitrogen and oxygen atoms in total. The molecule has 0 radical (unpaired) electrons. The lowest BCUT2D eigenvalue weighted by atomic mass is 9.78. The van der Waals surface area contributed by atoms with Gasteiger partial charge in [-0.25, -0.2) is 0 Å². The van der Waals surface area contributed by atoms with E-state index in [2.05, 4.69) is 10.3 Å². The van der Waals surface area contributed by atoms with Crippen molar-refractivity contribution >= 4 is 30.5 Å². The minimum Gasteiger partial charge on any atom is -0.426 e. The lowest BCUT2D eigenvalue weighted by Crippen LogP contribution is -2.52. The first-order chi connectivity index (χ1) is 10.4. The summed E-state index contributed by atoms with van der Waals surface area (Å²) < 4.78 is 0. The number of nitrogens with one attached hydrogen (secondary N) is 1. The van der Waals surface area contributed by atoms with Crippen molar-refractivity contribution in [1.29, 1.82) is 0 Å². The van der Waals surface area contributed by atoms with Crippen molar-refractivity contribution in [1.82, 2.24) is 15.2 Å². The van der Waals surface area contributed by atoms with Crippen LogP contribution in [0.1, 0.15) is 30.1 Å². The van der Waals surface area contributed by atoms with Gasteiger partial charge in [0.05, 0.1) is 16.5 Å². The lowest BCUT2D eigenvalue weighted by Gasteiger charge is -2.27. The molecule has 0 unspecified atom stereocenters.